The number of hydrogen-bond donors (Lipinski definition) is 1. The van der Waals surface area contributed by atoms with Gasteiger partial charge < -0.3 is 15.0 Å². The molecule has 0 saturated carbocycles. The van der Waals surface area contributed by atoms with E-state index in [1.807, 2.05) is 6.92 Å². The number of hydrogen-bond acceptors (Lipinski definition) is 4. The second-order valence-corrected chi connectivity index (χ2v) is 6.99. The quantitative estimate of drug-likeness (QED) is 0.845. The minimum absolute atomic E-state index is 0.0785. The van der Waals surface area contributed by atoms with Crippen molar-refractivity contribution in [1.29, 1.82) is 0 Å². The summed E-state index contributed by atoms with van der Waals surface area (Å²) in [7, 11) is -2.07. The summed E-state index contributed by atoms with van der Waals surface area (Å²) in [5, 5.41) is 0. The second-order valence-electron chi connectivity index (χ2n) is 5.10. The molecule has 0 radical (unpaired) electrons. The summed E-state index contributed by atoms with van der Waals surface area (Å²) in [5.41, 5.74) is 5.38. The van der Waals surface area contributed by atoms with Crippen LogP contribution in [0.15, 0.2) is 17.2 Å². The molecule has 1 aromatic rings. The summed E-state index contributed by atoms with van der Waals surface area (Å²) < 4.78 is 33.5. The van der Waals surface area contributed by atoms with Crippen LogP contribution in [0.3, 0.4) is 0 Å². The van der Waals surface area contributed by atoms with Crippen molar-refractivity contribution in [3.63, 3.8) is 0 Å². The number of nitrogens with zero attached hydrogens (tertiary/aromatic N) is 2. The molecule has 0 aliphatic carbocycles. The lowest BCUT2D eigenvalue weighted by molar-refractivity contribution is -0.0170. The number of carbonyl (C=O) groups excluding carboxylic acids is 1. The molecule has 1 saturated heterocycles. The van der Waals surface area contributed by atoms with Gasteiger partial charge in [-0.1, -0.05) is 0 Å². The Bertz CT molecular complexity index is 623. The molecule has 0 aromatic carbocycles. The van der Waals surface area contributed by atoms with Crippen LogP contribution in [-0.4, -0.2) is 48.5 Å². The van der Waals surface area contributed by atoms with E-state index >= 15 is 0 Å². The molecule has 20 heavy (non-hydrogen) atoms. The van der Waals surface area contributed by atoms with Crippen molar-refractivity contribution >= 4 is 15.9 Å². The first-order valence-electron chi connectivity index (χ1n) is 6.33. The van der Waals surface area contributed by atoms with Crippen molar-refractivity contribution in [3.8, 4) is 0 Å². The van der Waals surface area contributed by atoms with Crippen LogP contribution < -0.4 is 5.73 Å². The normalized spacial score (nSPS) is 24.8. The molecule has 1 aromatic heterocycles. The lowest BCUT2D eigenvalue weighted by atomic mass is 10.2. The Balaban J connectivity index is 2.39. The van der Waals surface area contributed by atoms with Gasteiger partial charge in [-0.15, -0.1) is 0 Å². The molecule has 2 unspecified atom stereocenters. The van der Waals surface area contributed by atoms with E-state index < -0.39 is 15.9 Å². The molecule has 0 bridgehead atoms. The van der Waals surface area contributed by atoms with Gasteiger partial charge in [-0.05, 0) is 19.9 Å². The second kappa shape index (κ2) is 5.19. The van der Waals surface area contributed by atoms with Gasteiger partial charge in [0.25, 0.3) is 5.91 Å². The highest BCUT2D eigenvalue weighted by Crippen LogP contribution is 2.23. The van der Waals surface area contributed by atoms with Gasteiger partial charge in [0.1, 0.15) is 10.6 Å². The molecule has 1 aliphatic heterocycles. The van der Waals surface area contributed by atoms with E-state index in [0.29, 0.717) is 13.2 Å². The Morgan fingerprint density at radius 3 is 2.65 bits per heavy atom. The lowest BCUT2D eigenvalue weighted by Gasteiger charge is -2.35. The Morgan fingerprint density at radius 2 is 2.10 bits per heavy atom. The molecule has 1 aliphatic rings. The van der Waals surface area contributed by atoms with Crippen molar-refractivity contribution in [2.75, 3.05) is 13.2 Å². The van der Waals surface area contributed by atoms with Crippen LogP contribution >= 0.6 is 0 Å². The highest BCUT2D eigenvalue weighted by atomic mass is 32.2. The fourth-order valence-corrected chi connectivity index (χ4v) is 4.03. The lowest BCUT2D eigenvalue weighted by Crippen LogP contribution is -2.49. The summed E-state index contributed by atoms with van der Waals surface area (Å²) in [6.45, 7) is 4.27. The fourth-order valence-electron chi connectivity index (χ4n) is 2.26. The number of aromatic nitrogens is 1. The number of ether oxygens (including phenoxy) is 1. The van der Waals surface area contributed by atoms with Crippen molar-refractivity contribution in [1.82, 2.24) is 8.87 Å². The number of amides is 1. The van der Waals surface area contributed by atoms with E-state index in [1.54, 1.807) is 14.0 Å². The maximum atomic E-state index is 12.6. The van der Waals surface area contributed by atoms with Gasteiger partial charge in [0.15, 0.2) is 0 Å². The minimum atomic E-state index is -3.65. The molecular weight excluding hydrogens is 282 g/mol. The van der Waals surface area contributed by atoms with E-state index in [2.05, 4.69) is 0 Å². The number of morpholine rings is 1. The molecule has 2 N–H and O–H groups in total. The largest absolute Gasteiger partial charge is 0.375 e. The number of sulfonamides is 1. The zero-order valence-electron chi connectivity index (χ0n) is 11.7. The zero-order chi connectivity index (χ0) is 15.1. The summed E-state index contributed by atoms with van der Waals surface area (Å²) >= 11 is 0. The molecule has 112 valence electrons. The first kappa shape index (κ1) is 15.0. The minimum Gasteiger partial charge on any atom is -0.375 e. The molecule has 7 nitrogen and oxygen atoms in total. The van der Waals surface area contributed by atoms with Gasteiger partial charge in [0, 0.05) is 25.8 Å². The predicted octanol–water partition coefficient (Wildman–Crippen LogP) is -0.0781. The van der Waals surface area contributed by atoms with Gasteiger partial charge in [0.05, 0.1) is 12.7 Å². The Morgan fingerprint density at radius 1 is 1.45 bits per heavy atom. The van der Waals surface area contributed by atoms with E-state index in [-0.39, 0.29) is 22.7 Å². The molecule has 2 rings (SSSR count). The average Bonchev–Trinajstić information content (AvgIpc) is 2.75. The topological polar surface area (TPSA) is 94.6 Å². The van der Waals surface area contributed by atoms with E-state index in [9.17, 15) is 13.2 Å². The van der Waals surface area contributed by atoms with E-state index in [1.165, 1.54) is 21.1 Å². The maximum Gasteiger partial charge on any atom is 0.265 e. The first-order valence-corrected chi connectivity index (χ1v) is 7.77. The standard InChI is InChI=1S/C12H19N3O4S/c1-8-7-19-9(2)5-15(8)20(17,18)10-4-11(12(13)16)14(3)6-10/h4,6,8-9H,5,7H2,1-3H3,(H2,13,16). The Hall–Kier alpha value is -1.38. The number of primary amides is 1. The highest BCUT2D eigenvalue weighted by molar-refractivity contribution is 7.89. The Labute approximate surface area is 118 Å². The van der Waals surface area contributed by atoms with Crippen molar-refractivity contribution < 1.29 is 17.9 Å². The Kier molecular flexibility index (Phi) is 3.90. The van der Waals surface area contributed by atoms with Crippen LogP contribution in [0.2, 0.25) is 0 Å². The molecule has 1 fully saturated rings. The van der Waals surface area contributed by atoms with Crippen LogP contribution in [0.5, 0.6) is 0 Å². The van der Waals surface area contributed by atoms with Crippen molar-refractivity contribution in [2.24, 2.45) is 12.8 Å². The SMILES string of the molecule is CC1CN(S(=O)(=O)c2cc(C(N)=O)n(C)c2)C(C)CO1. The molecular formula is C12H19N3O4S. The molecule has 1 amide bonds. The number of nitrogens with two attached hydrogens (primary N) is 1. The monoisotopic (exact) mass is 301 g/mol. The smallest absolute Gasteiger partial charge is 0.265 e. The van der Waals surface area contributed by atoms with Gasteiger partial charge in [0.2, 0.25) is 10.0 Å². The van der Waals surface area contributed by atoms with Crippen LogP contribution in [0.4, 0.5) is 0 Å². The predicted molar refractivity (Wildman–Crippen MR) is 72.7 cm³/mol. The van der Waals surface area contributed by atoms with Gasteiger partial charge in [-0.3, -0.25) is 4.79 Å². The molecule has 2 atom stereocenters. The van der Waals surface area contributed by atoms with Gasteiger partial charge in [-0.25, -0.2) is 8.42 Å². The third-order valence-corrected chi connectivity index (χ3v) is 5.33. The van der Waals surface area contributed by atoms with Crippen LogP contribution in [-0.2, 0) is 21.8 Å². The van der Waals surface area contributed by atoms with Crippen LogP contribution in [0.1, 0.15) is 24.3 Å². The number of aryl methyl sites for hydroxylation is 1. The van der Waals surface area contributed by atoms with Crippen LogP contribution in [0, 0.1) is 0 Å². The van der Waals surface area contributed by atoms with Crippen molar-refractivity contribution in [2.45, 2.75) is 30.9 Å². The average molecular weight is 301 g/mol. The van der Waals surface area contributed by atoms with Gasteiger partial charge >= 0.3 is 0 Å². The summed E-state index contributed by atoms with van der Waals surface area (Å²) in [6.07, 6.45) is 1.25. The highest BCUT2D eigenvalue weighted by Gasteiger charge is 2.35. The number of carbonyl (C=O) groups is 1. The zero-order valence-corrected chi connectivity index (χ0v) is 12.6. The third kappa shape index (κ3) is 2.58. The van der Waals surface area contributed by atoms with Crippen LogP contribution in [0.25, 0.3) is 0 Å². The van der Waals surface area contributed by atoms with Crippen molar-refractivity contribution in [3.05, 3.63) is 18.0 Å². The maximum absolute atomic E-state index is 12.6. The fraction of sp³-hybridized carbons (Fsp3) is 0.583. The first-order chi connectivity index (χ1) is 9.23. The van der Waals surface area contributed by atoms with E-state index in [0.717, 1.165) is 0 Å². The number of rotatable bonds is 3. The molecule has 8 heteroatoms. The van der Waals surface area contributed by atoms with Gasteiger partial charge in [-0.2, -0.15) is 4.31 Å². The summed E-state index contributed by atoms with van der Waals surface area (Å²) in [4.78, 5) is 11.3. The van der Waals surface area contributed by atoms with E-state index in [4.69, 9.17) is 10.5 Å². The summed E-state index contributed by atoms with van der Waals surface area (Å²) in [6, 6.07) is 1.07. The molecule has 2 heterocycles. The third-order valence-electron chi connectivity index (χ3n) is 3.39. The summed E-state index contributed by atoms with van der Waals surface area (Å²) in [5.74, 6) is -0.655. The molecule has 0 spiro atoms.